The average Bonchev–Trinajstić information content (AvgIpc) is 2.58. The van der Waals surface area contributed by atoms with Gasteiger partial charge in [0.2, 0.25) is 0 Å². The molecule has 3 nitrogen and oxygen atoms in total. The van der Waals surface area contributed by atoms with Gasteiger partial charge in [-0.3, -0.25) is 4.90 Å². The van der Waals surface area contributed by atoms with Crippen LogP contribution in [0.2, 0.25) is 0 Å². The maximum atomic E-state index is 12.6. The molecule has 1 aliphatic rings. The van der Waals surface area contributed by atoms with Crippen LogP contribution in [0.15, 0.2) is 48.5 Å². The largest absolute Gasteiger partial charge is 0.460 e. The maximum absolute atomic E-state index is 12.6. The van der Waals surface area contributed by atoms with E-state index in [4.69, 9.17) is 4.74 Å². The summed E-state index contributed by atoms with van der Waals surface area (Å²) in [6.07, 6.45) is -4.22. The van der Waals surface area contributed by atoms with Gasteiger partial charge < -0.3 is 4.74 Å². The lowest BCUT2D eigenvalue weighted by atomic mass is 10.2. The molecular weight excluding hydrogens is 329 g/mol. The molecular formula is C19H21F3N2O. The van der Waals surface area contributed by atoms with Crippen LogP contribution in [0.5, 0.6) is 11.5 Å². The molecule has 2 aromatic carbocycles. The molecule has 6 heteroatoms. The lowest BCUT2D eigenvalue weighted by Gasteiger charge is -2.35. The van der Waals surface area contributed by atoms with Crippen molar-refractivity contribution in [1.29, 1.82) is 0 Å². The van der Waals surface area contributed by atoms with Crippen molar-refractivity contribution in [2.24, 2.45) is 0 Å². The molecule has 0 atom stereocenters. The quantitative estimate of drug-likeness (QED) is 0.759. The molecule has 1 heterocycles. The molecule has 1 fully saturated rings. The van der Waals surface area contributed by atoms with Crippen LogP contribution in [0.1, 0.15) is 11.1 Å². The normalized spacial score (nSPS) is 16.8. The molecule has 0 radical (unpaired) electrons. The first-order chi connectivity index (χ1) is 11.9. The molecule has 3 rings (SSSR count). The van der Waals surface area contributed by atoms with Gasteiger partial charge in [0.25, 0.3) is 0 Å². The molecule has 0 spiro atoms. The van der Waals surface area contributed by atoms with Crippen LogP contribution in [0.3, 0.4) is 0 Å². The van der Waals surface area contributed by atoms with Gasteiger partial charge in [0.1, 0.15) is 11.5 Å². The number of halogens is 3. The molecule has 1 saturated heterocycles. The minimum atomic E-state index is -4.22. The second-order valence-corrected chi connectivity index (χ2v) is 6.29. The summed E-state index contributed by atoms with van der Waals surface area (Å²) in [7, 11) is 0. The highest BCUT2D eigenvalue weighted by Crippen LogP contribution is 2.24. The lowest BCUT2D eigenvalue weighted by molar-refractivity contribution is -0.252. The molecule has 0 amide bonds. The van der Waals surface area contributed by atoms with Gasteiger partial charge in [-0.1, -0.05) is 29.8 Å². The first-order valence-electron chi connectivity index (χ1n) is 8.28. The Hall–Kier alpha value is -2.05. The molecule has 134 valence electrons. The molecule has 0 bridgehead atoms. The fourth-order valence-electron chi connectivity index (χ4n) is 2.82. The van der Waals surface area contributed by atoms with E-state index in [1.807, 2.05) is 60.4 Å². The van der Waals surface area contributed by atoms with Crippen molar-refractivity contribution in [3.05, 3.63) is 59.7 Å². The molecule has 0 aromatic heterocycles. The van der Waals surface area contributed by atoms with E-state index in [1.165, 1.54) is 5.56 Å². The van der Waals surface area contributed by atoms with Gasteiger partial charge in [0.15, 0.2) is 0 Å². The van der Waals surface area contributed by atoms with Crippen molar-refractivity contribution in [3.8, 4) is 11.5 Å². The smallest absolute Gasteiger partial charge is 0.457 e. The van der Waals surface area contributed by atoms with Crippen LogP contribution in [0.25, 0.3) is 0 Å². The van der Waals surface area contributed by atoms with E-state index in [2.05, 4.69) is 0 Å². The van der Waals surface area contributed by atoms with Gasteiger partial charge in [-0.15, -0.1) is 0 Å². The van der Waals surface area contributed by atoms with Crippen molar-refractivity contribution in [1.82, 2.24) is 9.80 Å². The first-order valence-corrected chi connectivity index (χ1v) is 8.28. The van der Waals surface area contributed by atoms with Crippen molar-refractivity contribution in [2.45, 2.75) is 19.8 Å². The summed E-state index contributed by atoms with van der Waals surface area (Å²) in [5.41, 5.74) is 2.24. The van der Waals surface area contributed by atoms with E-state index in [9.17, 15) is 13.2 Å². The van der Waals surface area contributed by atoms with E-state index >= 15 is 0 Å². The third-order valence-electron chi connectivity index (χ3n) is 4.32. The molecule has 2 aromatic rings. The molecule has 1 aliphatic heterocycles. The monoisotopic (exact) mass is 350 g/mol. The highest BCUT2D eigenvalue weighted by atomic mass is 19.4. The van der Waals surface area contributed by atoms with E-state index in [0.717, 1.165) is 17.1 Å². The fraction of sp³-hybridized carbons (Fsp3) is 0.368. The number of piperazine rings is 1. The number of aryl methyl sites for hydroxylation is 1. The standard InChI is InChI=1S/C19H21F3N2O/c1-15-2-6-17(7-3-15)25-18-8-4-16(5-9-18)14-23-10-12-24(13-11-23)19(20,21)22/h2-9H,10-14H2,1H3. The Morgan fingerprint density at radius 3 is 1.88 bits per heavy atom. The summed E-state index contributed by atoms with van der Waals surface area (Å²) in [4.78, 5) is 2.61. The zero-order valence-corrected chi connectivity index (χ0v) is 14.1. The van der Waals surface area contributed by atoms with Gasteiger partial charge in [0, 0.05) is 32.7 Å². The van der Waals surface area contributed by atoms with Gasteiger partial charge in [0.05, 0.1) is 0 Å². The number of benzene rings is 2. The molecule has 0 N–H and O–H groups in total. The second kappa shape index (κ2) is 7.45. The van der Waals surface area contributed by atoms with Crippen molar-refractivity contribution >= 4 is 0 Å². The first kappa shape index (κ1) is 17.8. The van der Waals surface area contributed by atoms with Gasteiger partial charge in [-0.25, -0.2) is 4.90 Å². The zero-order valence-electron chi connectivity index (χ0n) is 14.1. The van der Waals surface area contributed by atoms with Crippen LogP contribution in [-0.2, 0) is 6.54 Å². The lowest BCUT2D eigenvalue weighted by Crippen LogP contribution is -2.51. The summed E-state index contributed by atoms with van der Waals surface area (Å²) in [5, 5.41) is 0. The molecule has 0 aliphatic carbocycles. The van der Waals surface area contributed by atoms with Gasteiger partial charge in [-0.2, -0.15) is 13.2 Å². The summed E-state index contributed by atoms with van der Waals surface area (Å²) in [5.74, 6) is 1.52. The Morgan fingerprint density at radius 1 is 0.840 bits per heavy atom. The van der Waals surface area contributed by atoms with E-state index in [1.54, 1.807) is 0 Å². The minimum absolute atomic E-state index is 0.0259. The van der Waals surface area contributed by atoms with Crippen molar-refractivity contribution in [2.75, 3.05) is 26.2 Å². The van der Waals surface area contributed by atoms with Crippen LogP contribution in [0.4, 0.5) is 13.2 Å². The van der Waals surface area contributed by atoms with Crippen molar-refractivity contribution < 1.29 is 17.9 Å². The van der Waals surface area contributed by atoms with Gasteiger partial charge in [-0.05, 0) is 36.8 Å². The minimum Gasteiger partial charge on any atom is -0.457 e. The average molecular weight is 350 g/mol. The third-order valence-corrected chi connectivity index (χ3v) is 4.32. The number of ether oxygens (including phenoxy) is 1. The van der Waals surface area contributed by atoms with E-state index in [-0.39, 0.29) is 13.1 Å². The van der Waals surface area contributed by atoms with Crippen molar-refractivity contribution in [3.63, 3.8) is 0 Å². The molecule has 25 heavy (non-hydrogen) atoms. The van der Waals surface area contributed by atoms with Crippen LogP contribution in [0, 0.1) is 6.92 Å². The Bertz CT molecular complexity index is 675. The van der Waals surface area contributed by atoms with E-state index < -0.39 is 6.30 Å². The summed E-state index contributed by atoms with van der Waals surface area (Å²) < 4.78 is 43.7. The molecule has 0 unspecified atom stereocenters. The van der Waals surface area contributed by atoms with E-state index in [0.29, 0.717) is 24.5 Å². The number of nitrogens with zero attached hydrogens (tertiary/aromatic N) is 2. The predicted octanol–water partition coefficient (Wildman–Crippen LogP) is 4.42. The Kier molecular flexibility index (Phi) is 5.30. The predicted molar refractivity (Wildman–Crippen MR) is 90.6 cm³/mol. The van der Waals surface area contributed by atoms with Crippen LogP contribution >= 0.6 is 0 Å². The van der Waals surface area contributed by atoms with Crippen LogP contribution < -0.4 is 4.74 Å². The highest BCUT2D eigenvalue weighted by Gasteiger charge is 2.38. The second-order valence-electron chi connectivity index (χ2n) is 6.29. The number of alkyl halides is 3. The zero-order chi connectivity index (χ0) is 17.9. The summed E-state index contributed by atoms with van der Waals surface area (Å²) in [6.45, 7) is 3.56. The number of hydrogen-bond donors (Lipinski definition) is 0. The Morgan fingerprint density at radius 2 is 1.36 bits per heavy atom. The topological polar surface area (TPSA) is 15.7 Å². The Balaban J connectivity index is 1.52. The highest BCUT2D eigenvalue weighted by molar-refractivity contribution is 5.34. The summed E-state index contributed by atoms with van der Waals surface area (Å²) >= 11 is 0. The fourth-order valence-corrected chi connectivity index (χ4v) is 2.82. The van der Waals surface area contributed by atoms with Gasteiger partial charge >= 0.3 is 6.30 Å². The maximum Gasteiger partial charge on any atom is 0.460 e. The number of rotatable bonds is 4. The van der Waals surface area contributed by atoms with Crippen LogP contribution in [-0.4, -0.2) is 42.3 Å². The number of hydrogen-bond acceptors (Lipinski definition) is 3. The summed E-state index contributed by atoms with van der Waals surface area (Å²) in [6, 6.07) is 15.5. The molecule has 0 saturated carbocycles. The third kappa shape index (κ3) is 4.96. The SMILES string of the molecule is Cc1ccc(Oc2ccc(CN3CCN(C(F)(F)F)CC3)cc2)cc1. The Labute approximate surface area is 145 Å².